The van der Waals surface area contributed by atoms with Crippen molar-refractivity contribution in [1.29, 1.82) is 0 Å². The van der Waals surface area contributed by atoms with Crippen molar-refractivity contribution in [2.45, 2.75) is 103 Å². The lowest BCUT2D eigenvalue weighted by atomic mass is 10.0. The maximum absolute atomic E-state index is 9.15. The normalized spacial score (nSPS) is 19.6. The lowest BCUT2D eigenvalue weighted by molar-refractivity contribution is 0.0512. The molecule has 27 heavy (non-hydrogen) atoms. The van der Waals surface area contributed by atoms with Gasteiger partial charge in [0.1, 0.15) is 0 Å². The van der Waals surface area contributed by atoms with Crippen LogP contribution in [0.15, 0.2) is 24.3 Å². The van der Waals surface area contributed by atoms with E-state index in [1.165, 1.54) is 81.8 Å². The minimum atomic E-state index is 0.202. The highest BCUT2D eigenvalue weighted by atomic mass is 16.5. The third kappa shape index (κ3) is 9.73. The van der Waals surface area contributed by atoms with Gasteiger partial charge in [-0.15, -0.1) is 0 Å². The second kappa shape index (κ2) is 14.1. The lowest BCUT2D eigenvalue weighted by Crippen LogP contribution is -2.24. The number of nitrogens with one attached hydrogen (secondary N) is 1. The minimum absolute atomic E-state index is 0.202. The van der Waals surface area contributed by atoms with Gasteiger partial charge in [0, 0.05) is 12.6 Å². The van der Waals surface area contributed by atoms with Crippen molar-refractivity contribution in [3.8, 4) is 0 Å². The number of ether oxygens (including phenoxy) is 1. The maximum Gasteiger partial charge on any atom is 0.0721 e. The van der Waals surface area contributed by atoms with Gasteiger partial charge in [0.2, 0.25) is 0 Å². The second-order valence-corrected chi connectivity index (χ2v) is 8.20. The van der Waals surface area contributed by atoms with Crippen molar-refractivity contribution in [1.82, 2.24) is 5.32 Å². The molecule has 1 aliphatic heterocycles. The summed E-state index contributed by atoms with van der Waals surface area (Å²) in [5, 5.41) is 12.4. The molecule has 0 bridgehead atoms. The molecule has 0 radical (unpaired) electrons. The van der Waals surface area contributed by atoms with Gasteiger partial charge >= 0.3 is 0 Å². The van der Waals surface area contributed by atoms with Crippen LogP contribution in [0.1, 0.15) is 88.7 Å². The molecule has 0 amide bonds. The van der Waals surface area contributed by atoms with E-state index in [9.17, 15) is 0 Å². The van der Waals surface area contributed by atoms with E-state index in [0.29, 0.717) is 6.61 Å². The molecule has 3 nitrogen and oxygen atoms in total. The Balaban J connectivity index is 1.48. The topological polar surface area (TPSA) is 41.5 Å². The highest BCUT2D eigenvalue weighted by Crippen LogP contribution is 2.15. The molecular formula is C24H41NO2. The molecule has 1 aromatic carbocycles. The first kappa shape index (κ1) is 22.4. The van der Waals surface area contributed by atoms with Crippen LogP contribution in [0.4, 0.5) is 0 Å². The number of unbranched alkanes of at least 4 members (excludes halogenated alkanes) is 9. The zero-order valence-corrected chi connectivity index (χ0v) is 17.4. The molecule has 0 spiro atoms. The summed E-state index contributed by atoms with van der Waals surface area (Å²) in [6, 6.07) is 9.14. The summed E-state index contributed by atoms with van der Waals surface area (Å²) in [4.78, 5) is 0. The molecule has 2 atom stereocenters. The number of benzene rings is 1. The summed E-state index contributed by atoms with van der Waals surface area (Å²) < 4.78 is 5.95. The Kier molecular flexibility index (Phi) is 11.7. The molecule has 0 unspecified atom stereocenters. The fourth-order valence-corrected chi connectivity index (χ4v) is 3.88. The summed E-state index contributed by atoms with van der Waals surface area (Å²) in [6.07, 6.45) is 16.3. The quantitative estimate of drug-likeness (QED) is 0.404. The molecule has 0 aromatic heterocycles. The van der Waals surface area contributed by atoms with Gasteiger partial charge in [-0.05, 0) is 30.4 Å². The van der Waals surface area contributed by atoms with Gasteiger partial charge in [-0.2, -0.15) is 0 Å². The van der Waals surface area contributed by atoms with E-state index in [4.69, 9.17) is 9.84 Å². The van der Waals surface area contributed by atoms with Crippen LogP contribution in [0.2, 0.25) is 0 Å². The van der Waals surface area contributed by atoms with Crippen LogP contribution in [0.25, 0.3) is 0 Å². The Morgan fingerprint density at radius 1 is 0.889 bits per heavy atom. The Morgan fingerprint density at radius 3 is 2.07 bits per heavy atom. The molecule has 1 heterocycles. The van der Waals surface area contributed by atoms with Crippen molar-refractivity contribution < 1.29 is 9.84 Å². The average Bonchev–Trinajstić information content (AvgIpc) is 3.17. The minimum Gasteiger partial charge on any atom is -0.395 e. The maximum atomic E-state index is 9.15. The van der Waals surface area contributed by atoms with Crippen LogP contribution in [-0.2, 0) is 17.8 Å². The second-order valence-electron chi connectivity index (χ2n) is 8.20. The third-order valence-electron chi connectivity index (χ3n) is 5.73. The zero-order valence-electron chi connectivity index (χ0n) is 17.4. The Labute approximate surface area is 166 Å². The first-order chi connectivity index (χ1) is 13.3. The van der Waals surface area contributed by atoms with Gasteiger partial charge in [0.25, 0.3) is 0 Å². The molecule has 1 aliphatic rings. The van der Waals surface area contributed by atoms with Crippen LogP contribution < -0.4 is 5.32 Å². The van der Waals surface area contributed by atoms with Crippen LogP contribution in [-0.4, -0.2) is 30.4 Å². The van der Waals surface area contributed by atoms with Crippen LogP contribution in [0.3, 0.4) is 0 Å². The predicted octanol–water partition coefficient (Wildman–Crippen LogP) is 5.39. The Hall–Kier alpha value is -0.900. The third-order valence-corrected chi connectivity index (χ3v) is 5.73. The molecule has 3 heteroatoms. The summed E-state index contributed by atoms with van der Waals surface area (Å²) in [6.45, 7) is 4.00. The van der Waals surface area contributed by atoms with Crippen LogP contribution >= 0.6 is 0 Å². The van der Waals surface area contributed by atoms with Crippen molar-refractivity contribution in [2.75, 3.05) is 13.2 Å². The molecule has 1 fully saturated rings. The number of rotatable bonds is 15. The molecule has 1 saturated heterocycles. The van der Waals surface area contributed by atoms with E-state index in [1.54, 1.807) is 0 Å². The predicted molar refractivity (Wildman–Crippen MR) is 114 cm³/mol. The molecule has 2 N–H and O–H groups in total. The van der Waals surface area contributed by atoms with E-state index in [1.807, 2.05) is 0 Å². The van der Waals surface area contributed by atoms with E-state index in [2.05, 4.69) is 36.5 Å². The number of aryl methyl sites for hydroxylation is 1. The SMILES string of the molecule is CCCCCCCCCCCCc1ccc(CO[C@@H]2CN[C@@H](CO)C2)cc1. The lowest BCUT2D eigenvalue weighted by Gasteiger charge is -2.11. The molecule has 2 rings (SSSR count). The van der Waals surface area contributed by atoms with Crippen LogP contribution in [0.5, 0.6) is 0 Å². The van der Waals surface area contributed by atoms with Crippen molar-refractivity contribution >= 4 is 0 Å². The van der Waals surface area contributed by atoms with Gasteiger partial charge in [0.05, 0.1) is 19.3 Å². The summed E-state index contributed by atoms with van der Waals surface area (Å²) in [5.41, 5.74) is 2.69. The molecule has 154 valence electrons. The number of hydrogen-bond donors (Lipinski definition) is 2. The monoisotopic (exact) mass is 375 g/mol. The van der Waals surface area contributed by atoms with E-state index in [-0.39, 0.29) is 18.8 Å². The molecule has 1 aromatic rings. The van der Waals surface area contributed by atoms with Crippen molar-refractivity contribution in [3.63, 3.8) is 0 Å². The number of aliphatic hydroxyl groups is 1. The van der Waals surface area contributed by atoms with Crippen LogP contribution in [0, 0.1) is 0 Å². The highest BCUT2D eigenvalue weighted by Gasteiger charge is 2.23. The van der Waals surface area contributed by atoms with Gasteiger partial charge in [-0.1, -0.05) is 89.0 Å². The highest BCUT2D eigenvalue weighted by molar-refractivity contribution is 5.22. The van der Waals surface area contributed by atoms with Gasteiger partial charge < -0.3 is 15.2 Å². The van der Waals surface area contributed by atoms with Crippen molar-refractivity contribution in [3.05, 3.63) is 35.4 Å². The summed E-state index contributed by atoms with van der Waals surface area (Å²) in [7, 11) is 0. The zero-order chi connectivity index (χ0) is 19.2. The van der Waals surface area contributed by atoms with Gasteiger partial charge in [-0.25, -0.2) is 0 Å². The van der Waals surface area contributed by atoms with Crippen molar-refractivity contribution in [2.24, 2.45) is 0 Å². The van der Waals surface area contributed by atoms with E-state index >= 15 is 0 Å². The number of aliphatic hydroxyl groups excluding tert-OH is 1. The van der Waals surface area contributed by atoms with E-state index < -0.39 is 0 Å². The van der Waals surface area contributed by atoms with Gasteiger partial charge in [0.15, 0.2) is 0 Å². The first-order valence-electron chi connectivity index (χ1n) is 11.4. The average molecular weight is 376 g/mol. The van der Waals surface area contributed by atoms with E-state index in [0.717, 1.165) is 13.0 Å². The fraction of sp³-hybridized carbons (Fsp3) is 0.750. The first-order valence-corrected chi connectivity index (χ1v) is 11.4. The summed E-state index contributed by atoms with van der Waals surface area (Å²) >= 11 is 0. The largest absolute Gasteiger partial charge is 0.395 e. The smallest absolute Gasteiger partial charge is 0.0721 e. The molecular weight excluding hydrogens is 334 g/mol. The standard InChI is InChI=1S/C24H41NO2/c1-2-3-4-5-6-7-8-9-10-11-12-21-13-15-22(16-14-21)20-27-24-17-23(19-26)25-18-24/h13-16,23-26H,2-12,17-20H2,1H3/t23-,24+/m1/s1. The Morgan fingerprint density at radius 2 is 1.48 bits per heavy atom. The molecule has 0 saturated carbocycles. The summed E-state index contributed by atoms with van der Waals surface area (Å²) in [5.74, 6) is 0. The number of hydrogen-bond acceptors (Lipinski definition) is 3. The molecule has 0 aliphatic carbocycles. The Bertz CT molecular complexity index is 474. The van der Waals surface area contributed by atoms with Gasteiger partial charge in [-0.3, -0.25) is 0 Å². The fourth-order valence-electron chi connectivity index (χ4n) is 3.88.